The lowest BCUT2D eigenvalue weighted by molar-refractivity contribution is 0.198. The van der Waals surface area contributed by atoms with Gasteiger partial charge in [0.15, 0.2) is 5.11 Å². The first-order valence-electron chi connectivity index (χ1n) is 9.17. The molecule has 0 unspecified atom stereocenters. The fourth-order valence-electron chi connectivity index (χ4n) is 4.12. The number of likely N-dealkylation sites (tertiary alicyclic amines) is 1. The zero-order valence-corrected chi connectivity index (χ0v) is 14.5. The van der Waals surface area contributed by atoms with Crippen LogP contribution < -0.4 is 10.7 Å². The largest absolute Gasteiger partial charge is 0.359 e. The van der Waals surface area contributed by atoms with E-state index in [-0.39, 0.29) is 0 Å². The molecule has 22 heavy (non-hydrogen) atoms. The summed E-state index contributed by atoms with van der Waals surface area (Å²) in [5.41, 5.74) is 4.35. The van der Waals surface area contributed by atoms with Gasteiger partial charge in [0.1, 0.15) is 0 Å². The van der Waals surface area contributed by atoms with Gasteiger partial charge in [0, 0.05) is 43.7 Å². The number of nitrogens with one attached hydrogen (secondary N) is 2. The zero-order chi connectivity index (χ0) is 15.2. The number of hydrazone groups is 1. The molecule has 1 saturated heterocycles. The van der Waals surface area contributed by atoms with E-state index in [0.29, 0.717) is 11.2 Å². The summed E-state index contributed by atoms with van der Waals surface area (Å²) < 4.78 is 0. The van der Waals surface area contributed by atoms with Gasteiger partial charge in [-0.3, -0.25) is 10.3 Å². The summed E-state index contributed by atoms with van der Waals surface area (Å²) in [6.45, 7) is 2.35. The molecule has 3 rings (SSSR count). The highest BCUT2D eigenvalue weighted by Gasteiger charge is 2.25. The summed E-state index contributed by atoms with van der Waals surface area (Å²) in [5, 5.41) is 8.67. The van der Waals surface area contributed by atoms with Gasteiger partial charge >= 0.3 is 0 Å². The van der Waals surface area contributed by atoms with Gasteiger partial charge in [-0.1, -0.05) is 32.1 Å². The van der Waals surface area contributed by atoms with E-state index < -0.39 is 0 Å². The van der Waals surface area contributed by atoms with Crippen LogP contribution in [0.15, 0.2) is 5.10 Å². The van der Waals surface area contributed by atoms with Crippen LogP contribution in [0.25, 0.3) is 0 Å². The Morgan fingerprint density at radius 1 is 0.955 bits per heavy atom. The van der Waals surface area contributed by atoms with Crippen LogP contribution in [0.4, 0.5) is 0 Å². The first-order valence-corrected chi connectivity index (χ1v) is 9.58. The summed E-state index contributed by atoms with van der Waals surface area (Å²) in [6, 6.07) is 1.40. The third-order valence-corrected chi connectivity index (χ3v) is 5.68. The molecule has 0 aromatic carbocycles. The van der Waals surface area contributed by atoms with Gasteiger partial charge in [0.2, 0.25) is 0 Å². The topological polar surface area (TPSA) is 39.7 Å². The van der Waals surface area contributed by atoms with Crippen LogP contribution >= 0.6 is 12.2 Å². The number of nitrogens with zero attached hydrogens (tertiary/aromatic N) is 2. The smallest absolute Gasteiger partial charge is 0.187 e. The molecule has 1 aliphatic heterocycles. The number of thiocarbonyl (C=S) groups is 1. The van der Waals surface area contributed by atoms with E-state index in [1.807, 2.05) is 0 Å². The van der Waals surface area contributed by atoms with Crippen LogP contribution in [-0.2, 0) is 0 Å². The van der Waals surface area contributed by atoms with Crippen LogP contribution in [0.2, 0.25) is 0 Å². The Hall–Kier alpha value is -0.680. The Bertz CT molecular complexity index is 387. The SMILES string of the molecule is S=C(NN=C1CCN(C2CCCC2)CC1)NC1CCCCC1. The van der Waals surface area contributed by atoms with E-state index in [2.05, 4.69) is 20.7 Å². The normalized spacial score (nSPS) is 25.2. The summed E-state index contributed by atoms with van der Waals surface area (Å²) in [4.78, 5) is 2.67. The van der Waals surface area contributed by atoms with Crippen molar-refractivity contribution < 1.29 is 0 Å². The molecule has 2 aliphatic carbocycles. The Kier molecular flexibility index (Phi) is 6.07. The lowest BCUT2D eigenvalue weighted by Crippen LogP contribution is -2.43. The minimum absolute atomic E-state index is 0.554. The van der Waals surface area contributed by atoms with Crippen molar-refractivity contribution in [1.82, 2.24) is 15.6 Å². The standard InChI is InChI=1S/C17H30N4S/c22-17(18-14-6-2-1-3-7-14)20-19-15-10-12-21(13-11-15)16-8-4-5-9-16/h14,16H,1-13H2,(H2,18,20,22). The Morgan fingerprint density at radius 3 is 2.27 bits per heavy atom. The molecule has 0 aromatic rings. The molecule has 124 valence electrons. The second-order valence-electron chi connectivity index (χ2n) is 7.07. The highest BCUT2D eigenvalue weighted by atomic mass is 32.1. The Labute approximate surface area is 140 Å². The molecule has 2 N–H and O–H groups in total. The van der Waals surface area contributed by atoms with E-state index in [9.17, 15) is 0 Å². The maximum absolute atomic E-state index is 5.37. The van der Waals surface area contributed by atoms with Gasteiger partial charge in [-0.2, -0.15) is 5.10 Å². The maximum atomic E-state index is 5.37. The lowest BCUT2D eigenvalue weighted by atomic mass is 9.96. The van der Waals surface area contributed by atoms with E-state index in [1.54, 1.807) is 0 Å². The quantitative estimate of drug-likeness (QED) is 0.618. The van der Waals surface area contributed by atoms with Gasteiger partial charge < -0.3 is 5.32 Å². The van der Waals surface area contributed by atoms with E-state index >= 15 is 0 Å². The highest BCUT2D eigenvalue weighted by Crippen LogP contribution is 2.25. The molecule has 5 heteroatoms. The molecule has 0 bridgehead atoms. The fraction of sp³-hybridized carbons (Fsp3) is 0.882. The van der Waals surface area contributed by atoms with Gasteiger partial charge in [-0.25, -0.2) is 0 Å². The van der Waals surface area contributed by atoms with Crippen molar-refractivity contribution in [1.29, 1.82) is 0 Å². The molecule has 2 saturated carbocycles. The van der Waals surface area contributed by atoms with Crippen molar-refractivity contribution in [3.05, 3.63) is 0 Å². The van der Waals surface area contributed by atoms with Gasteiger partial charge in [-0.05, 0) is 37.9 Å². The van der Waals surface area contributed by atoms with Crippen molar-refractivity contribution >= 4 is 23.0 Å². The van der Waals surface area contributed by atoms with Crippen LogP contribution in [-0.4, -0.2) is 40.9 Å². The van der Waals surface area contributed by atoms with Crippen molar-refractivity contribution in [2.45, 2.75) is 82.7 Å². The summed E-state index contributed by atoms with van der Waals surface area (Å²) in [5.74, 6) is 0. The fourth-order valence-corrected chi connectivity index (χ4v) is 4.34. The second-order valence-corrected chi connectivity index (χ2v) is 7.48. The molecule has 3 aliphatic rings. The van der Waals surface area contributed by atoms with E-state index in [0.717, 1.165) is 18.9 Å². The molecule has 0 atom stereocenters. The highest BCUT2D eigenvalue weighted by molar-refractivity contribution is 7.80. The maximum Gasteiger partial charge on any atom is 0.187 e. The molecule has 0 radical (unpaired) electrons. The Balaban J connectivity index is 1.37. The minimum atomic E-state index is 0.554. The average Bonchev–Trinajstić information content (AvgIpc) is 3.09. The Morgan fingerprint density at radius 2 is 1.59 bits per heavy atom. The zero-order valence-electron chi connectivity index (χ0n) is 13.6. The first kappa shape index (κ1) is 16.2. The second kappa shape index (κ2) is 8.25. The molecule has 0 aromatic heterocycles. The van der Waals surface area contributed by atoms with Crippen molar-refractivity contribution in [2.24, 2.45) is 5.10 Å². The predicted molar refractivity (Wildman–Crippen MR) is 96.2 cm³/mol. The monoisotopic (exact) mass is 322 g/mol. The summed E-state index contributed by atoms with van der Waals surface area (Å²) >= 11 is 5.37. The van der Waals surface area contributed by atoms with E-state index in [4.69, 9.17) is 12.2 Å². The minimum Gasteiger partial charge on any atom is -0.359 e. The number of rotatable bonds is 3. The average molecular weight is 323 g/mol. The number of hydrogen-bond donors (Lipinski definition) is 2. The van der Waals surface area contributed by atoms with Crippen molar-refractivity contribution in [3.8, 4) is 0 Å². The third-order valence-electron chi connectivity index (χ3n) is 5.47. The third kappa shape index (κ3) is 4.66. The molecule has 3 fully saturated rings. The summed E-state index contributed by atoms with van der Waals surface area (Å²) in [7, 11) is 0. The summed E-state index contributed by atoms with van der Waals surface area (Å²) in [6.07, 6.45) is 14.3. The number of hydrogen-bond acceptors (Lipinski definition) is 3. The van der Waals surface area contributed by atoms with Crippen LogP contribution in [0.5, 0.6) is 0 Å². The molecular formula is C17H30N4S. The van der Waals surface area contributed by atoms with Gasteiger partial charge in [0.25, 0.3) is 0 Å². The lowest BCUT2D eigenvalue weighted by Gasteiger charge is -2.32. The predicted octanol–water partition coefficient (Wildman–Crippen LogP) is 3.18. The van der Waals surface area contributed by atoms with E-state index in [1.165, 1.54) is 76.6 Å². The molecule has 0 amide bonds. The van der Waals surface area contributed by atoms with Gasteiger partial charge in [0.05, 0.1) is 0 Å². The van der Waals surface area contributed by atoms with Crippen molar-refractivity contribution in [2.75, 3.05) is 13.1 Å². The molecule has 0 spiro atoms. The molecular weight excluding hydrogens is 292 g/mol. The first-order chi connectivity index (χ1) is 10.8. The molecule has 4 nitrogen and oxygen atoms in total. The van der Waals surface area contributed by atoms with Crippen LogP contribution in [0.3, 0.4) is 0 Å². The van der Waals surface area contributed by atoms with Crippen LogP contribution in [0.1, 0.15) is 70.6 Å². The van der Waals surface area contributed by atoms with Gasteiger partial charge in [-0.15, -0.1) is 0 Å². The molecule has 1 heterocycles. The number of piperidine rings is 1. The van der Waals surface area contributed by atoms with Crippen LogP contribution in [0, 0.1) is 0 Å². The van der Waals surface area contributed by atoms with Crippen molar-refractivity contribution in [3.63, 3.8) is 0 Å².